The molecule has 0 spiro atoms. The fourth-order valence-electron chi connectivity index (χ4n) is 4.31. The third-order valence-electron chi connectivity index (χ3n) is 6.36. The van der Waals surface area contributed by atoms with Crippen molar-refractivity contribution in [2.75, 3.05) is 32.7 Å². The number of amides is 2. The van der Waals surface area contributed by atoms with Crippen molar-refractivity contribution in [1.82, 2.24) is 14.1 Å². The maximum absolute atomic E-state index is 12.8. The number of halogens is 3. The van der Waals surface area contributed by atoms with Gasteiger partial charge in [0.1, 0.15) is 23.5 Å². The van der Waals surface area contributed by atoms with Crippen molar-refractivity contribution in [3.8, 4) is 0 Å². The van der Waals surface area contributed by atoms with Gasteiger partial charge in [0.05, 0.1) is 17.0 Å². The number of piperidine rings is 1. The van der Waals surface area contributed by atoms with Crippen LogP contribution < -0.4 is 29.6 Å². The Morgan fingerprint density at radius 1 is 0.851 bits per heavy atom. The molecule has 19 heteroatoms. The summed E-state index contributed by atoms with van der Waals surface area (Å²) in [7, 11) is -4.40. The maximum Gasteiger partial charge on any atom is 1.00 e. The third-order valence-corrected chi connectivity index (χ3v) is 8.28. The van der Waals surface area contributed by atoms with Crippen molar-refractivity contribution in [1.29, 1.82) is 0 Å². The molecule has 14 nitrogen and oxygen atoms in total. The van der Waals surface area contributed by atoms with Crippen molar-refractivity contribution >= 4 is 34.5 Å². The number of aliphatic carboxylic acids is 1. The number of carbonyl (C=O) groups is 4. The summed E-state index contributed by atoms with van der Waals surface area (Å²) in [6, 6.07) is 1.16. The number of carboxylic acids is 1. The molecule has 3 rings (SSSR count). The van der Waals surface area contributed by atoms with Crippen molar-refractivity contribution in [2.24, 2.45) is 5.92 Å². The minimum Gasteiger partial charge on any atom is -0.480 e. The summed E-state index contributed by atoms with van der Waals surface area (Å²) in [5.41, 5.74) is -2.31. The molecule has 0 aliphatic carbocycles. The van der Waals surface area contributed by atoms with E-state index in [1.165, 1.54) is 0 Å². The van der Waals surface area contributed by atoms with Crippen LogP contribution in [0.2, 0.25) is 0 Å². The van der Waals surface area contributed by atoms with Crippen LogP contribution in [0.25, 0.3) is 0 Å². The number of ether oxygens (including phenoxy) is 2. The first kappa shape index (κ1) is 44.2. The van der Waals surface area contributed by atoms with Gasteiger partial charge in [0.25, 0.3) is 0 Å². The molecule has 0 unspecified atom stereocenters. The second kappa shape index (κ2) is 18.1. The van der Waals surface area contributed by atoms with Gasteiger partial charge in [0.15, 0.2) is 0 Å². The summed E-state index contributed by atoms with van der Waals surface area (Å²) < 4.78 is 74.8. The quantitative estimate of drug-likeness (QED) is 0.352. The predicted molar refractivity (Wildman–Crippen MR) is 158 cm³/mol. The molecule has 2 heterocycles. The van der Waals surface area contributed by atoms with E-state index in [4.69, 9.17) is 19.4 Å². The summed E-state index contributed by atoms with van der Waals surface area (Å²) in [6.07, 6.45) is -3.04. The van der Waals surface area contributed by atoms with E-state index < -0.39 is 62.5 Å². The fraction of sp³-hybridized carbons (Fsp3) is 0.643. The van der Waals surface area contributed by atoms with Gasteiger partial charge in [-0.3, -0.25) is 4.79 Å². The number of carboxylic acid groups (broad SMARTS) is 1. The third kappa shape index (κ3) is 14.1. The van der Waals surface area contributed by atoms with E-state index in [0.29, 0.717) is 29.5 Å². The second-order valence-corrected chi connectivity index (χ2v) is 14.3. The first-order chi connectivity index (χ1) is 21.0. The minimum atomic E-state index is -4.63. The summed E-state index contributed by atoms with van der Waals surface area (Å²) in [6.45, 7) is 10.7. The van der Waals surface area contributed by atoms with Crippen molar-refractivity contribution in [3.63, 3.8) is 0 Å². The Labute approximate surface area is 293 Å². The number of nitrogens with zero attached hydrogens (tertiary/aromatic N) is 3. The normalized spacial score (nSPS) is 19.0. The number of carbonyl (C=O) groups excluding carboxylic acids is 3. The summed E-state index contributed by atoms with van der Waals surface area (Å²) >= 11 is 0. The van der Waals surface area contributed by atoms with E-state index in [9.17, 15) is 45.9 Å². The molecule has 0 aromatic heterocycles. The van der Waals surface area contributed by atoms with E-state index in [-0.39, 0.29) is 54.7 Å². The Balaban J connectivity index is 0.000000993. The Bertz CT molecular complexity index is 1320. The van der Waals surface area contributed by atoms with Crippen LogP contribution in [0.1, 0.15) is 59.9 Å². The Morgan fingerprint density at radius 2 is 1.32 bits per heavy atom. The molecule has 1 aromatic carbocycles. The van der Waals surface area contributed by atoms with E-state index in [0.717, 1.165) is 36.2 Å². The molecule has 2 fully saturated rings. The zero-order valence-electron chi connectivity index (χ0n) is 27.4. The smallest absolute Gasteiger partial charge is 0.480 e. The van der Waals surface area contributed by atoms with Gasteiger partial charge in [-0.25, -0.2) is 18.0 Å². The number of rotatable bonds is 4. The number of alkyl halides is 3. The van der Waals surface area contributed by atoms with Gasteiger partial charge in [-0.15, -0.1) is 0 Å². The van der Waals surface area contributed by atoms with Crippen LogP contribution in [0.15, 0.2) is 29.2 Å². The second-order valence-electron chi connectivity index (χ2n) is 12.4. The Morgan fingerprint density at radius 3 is 1.72 bits per heavy atom. The summed E-state index contributed by atoms with van der Waals surface area (Å²) in [5.74, 6) is -1.51. The molecular formula is C28H40F3N3NaO11S+. The Hall–Kier alpha value is -2.80. The van der Waals surface area contributed by atoms with Gasteiger partial charge >= 0.3 is 53.9 Å². The number of hydrogen-bond donors (Lipinski definition) is 1. The molecule has 0 saturated carbocycles. The van der Waals surface area contributed by atoms with Crippen molar-refractivity contribution in [3.05, 3.63) is 39.8 Å². The molecule has 2 amide bonds. The van der Waals surface area contributed by atoms with Crippen molar-refractivity contribution in [2.45, 2.75) is 82.7 Å². The van der Waals surface area contributed by atoms with Crippen LogP contribution in [-0.2, 0) is 35.3 Å². The number of benzene rings is 1. The van der Waals surface area contributed by atoms with E-state index in [1.54, 1.807) is 25.7 Å². The molecule has 2 aliphatic rings. The molecule has 47 heavy (non-hydrogen) atoms. The zero-order chi connectivity index (χ0) is 35.7. The molecule has 0 bridgehead atoms. The standard InChI is InChI=1S/C17H21F3N2O6S.C11H19NO3.Na.O2/c1-16(2,3)28-15(25)21-8-9-22(13(10-21)14(23)24)29(26,27)12-6-4-11(5-7-12)17(18,19)20;1-11(2,3)15-10(14)12-6-4-5-9(7-12)8-13;;1-2/h4-7,13H,8-10H2,1-3H3,(H,23,24);8-9H,4-7H2,1-3H3;;/q;;+1;/t13-;9-;;/m11../s1. The monoisotopic (exact) mass is 706 g/mol. The molecule has 2 atom stereocenters. The first-order valence-electron chi connectivity index (χ1n) is 14.0. The summed E-state index contributed by atoms with van der Waals surface area (Å²) in [5, 5.41) is 9.47. The largest absolute Gasteiger partial charge is 1.00 e. The SMILES string of the molecule is CC(C)(C)OC(=O)N1CCC[C@@H](C=O)C1.CC(C)(C)OC(=O)N1CCN(S(=O)(=O)c2ccc(C(F)(F)F)cc2)[C@@H](C(=O)O)C1.O=O.[Na+]. The number of likely N-dealkylation sites (tertiary alicyclic amines) is 1. The molecular weight excluding hydrogens is 666 g/mol. The molecule has 1 aromatic rings. The van der Waals surface area contributed by atoms with Crippen LogP contribution in [0, 0.1) is 15.8 Å². The van der Waals surface area contributed by atoms with E-state index in [2.05, 4.69) is 0 Å². The van der Waals surface area contributed by atoms with Crippen LogP contribution in [0.3, 0.4) is 0 Å². The van der Waals surface area contributed by atoms with Gasteiger partial charge < -0.3 is 29.2 Å². The van der Waals surface area contributed by atoms with Crippen molar-refractivity contribution < 1.29 is 84.9 Å². The number of piperazine rings is 1. The average molecular weight is 707 g/mol. The maximum atomic E-state index is 12.8. The molecule has 0 radical (unpaired) electrons. The zero-order valence-corrected chi connectivity index (χ0v) is 30.2. The van der Waals surface area contributed by atoms with Gasteiger partial charge in [0.2, 0.25) is 10.0 Å². The van der Waals surface area contributed by atoms with Crippen LogP contribution in [0.5, 0.6) is 0 Å². The van der Waals surface area contributed by atoms with Gasteiger partial charge in [-0.2, -0.15) is 17.5 Å². The Kier molecular flexibility index (Phi) is 17.0. The van der Waals surface area contributed by atoms with Crippen LogP contribution >= 0.6 is 0 Å². The van der Waals surface area contributed by atoms with Gasteiger partial charge in [0, 0.05) is 42.0 Å². The number of hydrogen-bond acceptors (Lipinski definition) is 10. The number of aldehydes is 1. The minimum absolute atomic E-state index is 0. The molecule has 260 valence electrons. The molecule has 2 saturated heterocycles. The summed E-state index contributed by atoms with van der Waals surface area (Å²) in [4.78, 5) is 62.4. The van der Waals surface area contributed by atoms with Gasteiger partial charge in [-0.05, 0) is 78.6 Å². The number of sulfonamides is 1. The first-order valence-corrected chi connectivity index (χ1v) is 15.5. The topological polar surface area (TPSA) is 185 Å². The van der Waals surface area contributed by atoms with Gasteiger partial charge in [-0.1, -0.05) is 0 Å². The predicted octanol–water partition coefficient (Wildman–Crippen LogP) is 1.30. The molecule has 2 aliphatic heterocycles. The van der Waals surface area contributed by atoms with E-state index >= 15 is 0 Å². The fourth-order valence-corrected chi connectivity index (χ4v) is 5.88. The van der Waals surface area contributed by atoms with E-state index in [1.807, 2.05) is 20.8 Å². The van der Waals surface area contributed by atoms with Crippen LogP contribution in [0.4, 0.5) is 22.8 Å². The average Bonchev–Trinajstić information content (AvgIpc) is 2.96. The molecule has 1 N–H and O–H groups in total. The van der Waals surface area contributed by atoms with Crippen LogP contribution in [-0.4, -0.2) is 102 Å².